The Bertz CT molecular complexity index is 675. The zero-order chi connectivity index (χ0) is 15.0. The molecule has 3 heterocycles. The smallest absolute Gasteiger partial charge is 0.256 e. The highest BCUT2D eigenvalue weighted by Crippen LogP contribution is 2.24. The van der Waals surface area contributed by atoms with E-state index < -0.39 is 0 Å². The van der Waals surface area contributed by atoms with Gasteiger partial charge in [0, 0.05) is 32.3 Å². The molecule has 0 aliphatic carbocycles. The Morgan fingerprint density at radius 2 is 2.29 bits per heavy atom. The average Bonchev–Trinajstić information content (AvgIpc) is 2.99. The topological polar surface area (TPSA) is 71.8 Å². The molecule has 2 N–H and O–H groups in total. The van der Waals surface area contributed by atoms with E-state index in [1.807, 2.05) is 27.1 Å². The summed E-state index contributed by atoms with van der Waals surface area (Å²) < 4.78 is 6.38. The van der Waals surface area contributed by atoms with Crippen molar-refractivity contribution in [3.05, 3.63) is 29.0 Å². The third-order valence-corrected chi connectivity index (χ3v) is 4.72. The fraction of sp³-hybridized carbons (Fsp3) is 0.500. The van der Waals surface area contributed by atoms with Gasteiger partial charge in [0.25, 0.3) is 5.91 Å². The van der Waals surface area contributed by atoms with Gasteiger partial charge in [0.1, 0.15) is 10.8 Å². The maximum absolute atomic E-state index is 12.5. The van der Waals surface area contributed by atoms with Crippen LogP contribution in [0, 0.1) is 13.8 Å². The molecule has 2 aromatic rings. The maximum atomic E-state index is 12.5. The van der Waals surface area contributed by atoms with Gasteiger partial charge >= 0.3 is 0 Å². The van der Waals surface area contributed by atoms with Crippen LogP contribution in [-0.4, -0.2) is 32.9 Å². The molecule has 0 fully saturated rings. The van der Waals surface area contributed by atoms with Crippen molar-refractivity contribution in [3.63, 3.8) is 0 Å². The van der Waals surface area contributed by atoms with Gasteiger partial charge in [-0.15, -0.1) is 0 Å². The lowest BCUT2D eigenvalue weighted by molar-refractivity contribution is 0.0928. The van der Waals surface area contributed by atoms with Crippen molar-refractivity contribution < 1.29 is 4.79 Å². The minimum absolute atomic E-state index is 0.0455. The number of fused-ring (bicyclic) bond motifs is 1. The van der Waals surface area contributed by atoms with Gasteiger partial charge in [-0.05, 0) is 31.8 Å². The molecule has 1 atom stereocenters. The van der Waals surface area contributed by atoms with Crippen molar-refractivity contribution in [1.82, 2.24) is 19.2 Å². The number of aromatic nitrogens is 3. The summed E-state index contributed by atoms with van der Waals surface area (Å²) in [7, 11) is 1.81. The number of rotatable bonds is 3. The molecule has 0 bridgehead atoms. The van der Waals surface area contributed by atoms with Crippen molar-refractivity contribution in [3.8, 4) is 0 Å². The summed E-state index contributed by atoms with van der Waals surface area (Å²) in [5.74, 6) is 1.07. The van der Waals surface area contributed by atoms with Gasteiger partial charge in [-0.25, -0.2) is 4.98 Å². The number of nitrogens with one attached hydrogen (secondary N) is 2. The van der Waals surface area contributed by atoms with Crippen LogP contribution in [0.15, 0.2) is 6.20 Å². The lowest BCUT2D eigenvalue weighted by Gasteiger charge is -2.24. The molecule has 112 valence electrons. The number of hydrogen-bond acceptors (Lipinski definition) is 5. The van der Waals surface area contributed by atoms with E-state index in [1.165, 1.54) is 11.5 Å². The highest BCUT2D eigenvalue weighted by atomic mass is 32.1. The molecule has 0 unspecified atom stereocenters. The number of anilines is 1. The number of nitrogens with zero attached hydrogens (tertiary/aromatic N) is 3. The van der Waals surface area contributed by atoms with Crippen LogP contribution in [0.2, 0.25) is 0 Å². The van der Waals surface area contributed by atoms with Crippen molar-refractivity contribution in [1.29, 1.82) is 0 Å². The van der Waals surface area contributed by atoms with E-state index in [0.29, 0.717) is 5.56 Å². The predicted molar refractivity (Wildman–Crippen MR) is 82.9 cm³/mol. The van der Waals surface area contributed by atoms with E-state index in [0.717, 1.165) is 41.6 Å². The van der Waals surface area contributed by atoms with Crippen LogP contribution in [0.3, 0.4) is 0 Å². The predicted octanol–water partition coefficient (Wildman–Crippen LogP) is 1.74. The fourth-order valence-corrected chi connectivity index (χ4v) is 3.51. The summed E-state index contributed by atoms with van der Waals surface area (Å²) in [5, 5.41) is 6.98. The van der Waals surface area contributed by atoms with Gasteiger partial charge in [-0.2, -0.15) is 4.37 Å². The summed E-state index contributed by atoms with van der Waals surface area (Å²) in [6, 6.07) is 0.141. The first-order chi connectivity index (χ1) is 10.1. The Morgan fingerprint density at radius 1 is 1.48 bits per heavy atom. The Hall–Kier alpha value is -1.89. The Labute approximate surface area is 127 Å². The molecule has 7 heteroatoms. The quantitative estimate of drug-likeness (QED) is 0.906. The van der Waals surface area contributed by atoms with Gasteiger partial charge in [-0.3, -0.25) is 4.79 Å². The maximum Gasteiger partial charge on any atom is 0.256 e. The van der Waals surface area contributed by atoms with E-state index >= 15 is 0 Å². The number of carbonyl (C=O) groups excluding carboxylic acids is 1. The van der Waals surface area contributed by atoms with Crippen molar-refractivity contribution in [2.24, 2.45) is 0 Å². The number of imidazole rings is 1. The van der Waals surface area contributed by atoms with Crippen LogP contribution >= 0.6 is 11.5 Å². The van der Waals surface area contributed by atoms with Crippen LogP contribution in [0.25, 0.3) is 0 Å². The van der Waals surface area contributed by atoms with Gasteiger partial charge in [0.15, 0.2) is 0 Å². The van der Waals surface area contributed by atoms with Gasteiger partial charge in [0.05, 0.1) is 17.0 Å². The molecular weight excluding hydrogens is 286 g/mol. The average molecular weight is 305 g/mol. The molecule has 1 aliphatic rings. The molecule has 21 heavy (non-hydrogen) atoms. The second-order valence-electron chi connectivity index (χ2n) is 5.38. The second kappa shape index (κ2) is 5.48. The van der Waals surface area contributed by atoms with Crippen LogP contribution in [0.1, 0.15) is 34.0 Å². The van der Waals surface area contributed by atoms with E-state index in [1.54, 1.807) is 0 Å². The molecule has 0 saturated heterocycles. The molecule has 6 nitrogen and oxygen atoms in total. The highest BCUT2D eigenvalue weighted by molar-refractivity contribution is 7.10. The molecule has 0 saturated carbocycles. The first-order valence-corrected chi connectivity index (χ1v) is 7.83. The molecule has 2 aromatic heterocycles. The number of aryl methyl sites for hydroxylation is 3. The molecule has 3 rings (SSSR count). The summed E-state index contributed by atoms with van der Waals surface area (Å²) >= 11 is 1.32. The van der Waals surface area contributed by atoms with E-state index in [2.05, 4.69) is 24.6 Å². The van der Waals surface area contributed by atoms with Crippen LogP contribution in [-0.2, 0) is 13.0 Å². The summed E-state index contributed by atoms with van der Waals surface area (Å²) in [4.78, 5) is 17.0. The monoisotopic (exact) mass is 305 g/mol. The third-order valence-electron chi connectivity index (χ3n) is 3.77. The number of hydrogen-bond donors (Lipinski definition) is 2. The molecule has 1 aliphatic heterocycles. The lowest BCUT2D eigenvalue weighted by atomic mass is 10.1. The standard InChI is InChI=1S/C14H19N5OS/c1-8-6-19-7-10(4-5-11(19)16-8)17-13(20)12-9(2)18-21-14(12)15-3/h6,10,15H,4-5,7H2,1-3H3,(H,17,20)/t10-/m0/s1. The number of amides is 1. The SMILES string of the molecule is CNc1snc(C)c1C(=O)N[C@H]1CCc2nc(C)cn2C1. The van der Waals surface area contributed by atoms with Gasteiger partial charge in [-0.1, -0.05) is 0 Å². The Balaban J connectivity index is 1.73. The summed E-state index contributed by atoms with van der Waals surface area (Å²) in [5.41, 5.74) is 2.47. The first kappa shape index (κ1) is 14.1. The molecule has 1 amide bonds. The van der Waals surface area contributed by atoms with Crippen molar-refractivity contribution in [2.45, 2.75) is 39.3 Å². The van der Waals surface area contributed by atoms with Crippen molar-refractivity contribution in [2.75, 3.05) is 12.4 Å². The first-order valence-electron chi connectivity index (χ1n) is 7.06. The van der Waals surface area contributed by atoms with Crippen LogP contribution in [0.4, 0.5) is 5.00 Å². The fourth-order valence-electron chi connectivity index (χ4n) is 2.77. The van der Waals surface area contributed by atoms with Gasteiger partial charge in [0.2, 0.25) is 0 Å². The van der Waals surface area contributed by atoms with E-state index in [4.69, 9.17) is 0 Å². The normalized spacial score (nSPS) is 17.4. The number of carbonyl (C=O) groups is 1. The van der Waals surface area contributed by atoms with Crippen molar-refractivity contribution >= 4 is 22.4 Å². The Morgan fingerprint density at radius 3 is 3.05 bits per heavy atom. The minimum Gasteiger partial charge on any atom is -0.378 e. The van der Waals surface area contributed by atoms with Crippen LogP contribution in [0.5, 0.6) is 0 Å². The highest BCUT2D eigenvalue weighted by Gasteiger charge is 2.24. The summed E-state index contributed by atoms with van der Waals surface area (Å²) in [6.45, 7) is 4.65. The lowest BCUT2D eigenvalue weighted by Crippen LogP contribution is -2.41. The van der Waals surface area contributed by atoms with E-state index in [-0.39, 0.29) is 11.9 Å². The zero-order valence-corrected chi connectivity index (χ0v) is 13.3. The Kier molecular flexibility index (Phi) is 3.67. The molecule has 0 spiro atoms. The molecule has 0 radical (unpaired) electrons. The molecule has 0 aromatic carbocycles. The molecular formula is C14H19N5OS. The van der Waals surface area contributed by atoms with Crippen LogP contribution < -0.4 is 10.6 Å². The zero-order valence-electron chi connectivity index (χ0n) is 12.4. The summed E-state index contributed by atoms with van der Waals surface area (Å²) in [6.07, 6.45) is 3.87. The largest absolute Gasteiger partial charge is 0.378 e. The second-order valence-corrected chi connectivity index (χ2v) is 6.16. The van der Waals surface area contributed by atoms with Gasteiger partial charge < -0.3 is 15.2 Å². The minimum atomic E-state index is -0.0455. The van der Waals surface area contributed by atoms with E-state index in [9.17, 15) is 4.79 Å². The third kappa shape index (κ3) is 2.65.